The van der Waals surface area contributed by atoms with E-state index < -0.39 is 0 Å². The van der Waals surface area contributed by atoms with Gasteiger partial charge in [0.05, 0.1) is 0 Å². The summed E-state index contributed by atoms with van der Waals surface area (Å²) in [6, 6.07) is 0. The maximum Gasteiger partial charge on any atom is 0.0171 e. The highest BCUT2D eigenvalue weighted by Gasteiger charge is 2.22. The Bertz CT molecular complexity index is 133. The molecule has 0 aromatic carbocycles. The number of rotatable bonds is 3. The minimum atomic E-state index is 0.781. The molecule has 0 saturated heterocycles. The molecule has 13 heavy (non-hydrogen) atoms. The van der Waals surface area contributed by atoms with Crippen LogP contribution in [0.15, 0.2) is 0 Å². The Hall–Kier alpha value is 0.480. The van der Waals surface area contributed by atoms with E-state index in [4.69, 9.17) is 0 Å². The van der Waals surface area contributed by atoms with Gasteiger partial charge in [0.15, 0.2) is 0 Å². The third-order valence-electron chi connectivity index (χ3n) is 3.61. The van der Waals surface area contributed by atoms with Crippen LogP contribution in [0.3, 0.4) is 0 Å². The van der Waals surface area contributed by atoms with Crippen molar-refractivity contribution in [3.8, 4) is 0 Å². The molecule has 78 valence electrons. The molecule has 0 spiro atoms. The molecule has 1 aliphatic rings. The number of alkyl halides is 1. The SMILES string of the molecule is CCC1CCCC(C(Br)CC)CC1. The zero-order valence-electron chi connectivity index (χ0n) is 9.06. The van der Waals surface area contributed by atoms with E-state index in [1.807, 2.05) is 0 Å². The summed E-state index contributed by atoms with van der Waals surface area (Å²) in [6.07, 6.45) is 10.0. The van der Waals surface area contributed by atoms with E-state index in [-0.39, 0.29) is 0 Å². The van der Waals surface area contributed by atoms with E-state index in [1.54, 1.807) is 0 Å². The molecule has 1 heteroatoms. The fourth-order valence-electron chi connectivity index (χ4n) is 2.51. The summed E-state index contributed by atoms with van der Waals surface area (Å²) < 4.78 is 0. The molecule has 3 unspecified atom stereocenters. The maximum atomic E-state index is 3.81. The van der Waals surface area contributed by atoms with Gasteiger partial charge in [0.2, 0.25) is 0 Å². The molecule has 0 aromatic heterocycles. The Labute approximate surface area is 91.6 Å². The van der Waals surface area contributed by atoms with Crippen LogP contribution < -0.4 is 0 Å². The molecule has 0 nitrogen and oxygen atoms in total. The van der Waals surface area contributed by atoms with Crippen LogP contribution in [0.2, 0.25) is 0 Å². The molecule has 0 aromatic rings. The number of hydrogen-bond acceptors (Lipinski definition) is 0. The predicted octanol–water partition coefficient (Wildman–Crippen LogP) is 4.77. The lowest BCUT2D eigenvalue weighted by atomic mass is 9.93. The van der Waals surface area contributed by atoms with Gasteiger partial charge in [0.25, 0.3) is 0 Å². The first-order chi connectivity index (χ1) is 6.27. The van der Waals surface area contributed by atoms with E-state index in [2.05, 4.69) is 29.8 Å². The molecule has 1 aliphatic carbocycles. The van der Waals surface area contributed by atoms with Crippen LogP contribution in [-0.4, -0.2) is 4.83 Å². The topological polar surface area (TPSA) is 0 Å². The second-order valence-corrected chi connectivity index (χ2v) is 5.64. The summed E-state index contributed by atoms with van der Waals surface area (Å²) in [5.41, 5.74) is 0. The number of hydrogen-bond donors (Lipinski definition) is 0. The van der Waals surface area contributed by atoms with Crippen molar-refractivity contribution < 1.29 is 0 Å². The maximum absolute atomic E-state index is 3.81. The highest BCUT2D eigenvalue weighted by molar-refractivity contribution is 9.09. The molecular formula is C12H23Br. The molecule has 3 atom stereocenters. The van der Waals surface area contributed by atoms with Crippen LogP contribution in [0.1, 0.15) is 58.8 Å². The Morgan fingerprint density at radius 2 is 1.92 bits per heavy atom. The van der Waals surface area contributed by atoms with Crippen molar-refractivity contribution >= 4 is 15.9 Å². The van der Waals surface area contributed by atoms with E-state index in [1.165, 1.54) is 44.9 Å². The van der Waals surface area contributed by atoms with Gasteiger partial charge in [0, 0.05) is 4.83 Å². The first kappa shape index (κ1) is 11.6. The zero-order valence-corrected chi connectivity index (χ0v) is 10.6. The molecule has 0 radical (unpaired) electrons. The van der Waals surface area contributed by atoms with Crippen molar-refractivity contribution in [3.05, 3.63) is 0 Å². The molecule has 1 rings (SSSR count). The molecule has 1 saturated carbocycles. The molecular weight excluding hydrogens is 224 g/mol. The van der Waals surface area contributed by atoms with Gasteiger partial charge >= 0.3 is 0 Å². The minimum absolute atomic E-state index is 0.781. The standard InChI is InChI=1S/C12H23Br/c1-3-10-6-5-7-11(9-8-10)12(13)4-2/h10-12H,3-9H2,1-2H3. The molecule has 0 heterocycles. The highest BCUT2D eigenvalue weighted by atomic mass is 79.9. The molecule has 0 amide bonds. The molecule has 1 fully saturated rings. The Balaban J connectivity index is 2.35. The monoisotopic (exact) mass is 246 g/mol. The summed E-state index contributed by atoms with van der Waals surface area (Å²) in [4.78, 5) is 0.781. The van der Waals surface area contributed by atoms with Crippen molar-refractivity contribution in [3.63, 3.8) is 0 Å². The first-order valence-corrected chi connectivity index (χ1v) is 6.83. The summed E-state index contributed by atoms with van der Waals surface area (Å²) >= 11 is 3.81. The van der Waals surface area contributed by atoms with E-state index >= 15 is 0 Å². The second kappa shape index (κ2) is 6.06. The largest absolute Gasteiger partial charge is 0.0888 e. The Kier molecular flexibility index (Phi) is 5.38. The third kappa shape index (κ3) is 3.61. The van der Waals surface area contributed by atoms with Gasteiger partial charge in [-0.2, -0.15) is 0 Å². The van der Waals surface area contributed by atoms with Crippen LogP contribution in [0.5, 0.6) is 0 Å². The normalized spacial score (nSPS) is 32.5. The fraction of sp³-hybridized carbons (Fsp3) is 1.00. The Morgan fingerprint density at radius 3 is 2.54 bits per heavy atom. The van der Waals surface area contributed by atoms with Crippen molar-refractivity contribution in [2.45, 2.75) is 63.6 Å². The smallest absolute Gasteiger partial charge is 0.0171 e. The molecule has 0 aliphatic heterocycles. The van der Waals surface area contributed by atoms with Crippen molar-refractivity contribution in [1.82, 2.24) is 0 Å². The minimum Gasteiger partial charge on any atom is -0.0888 e. The van der Waals surface area contributed by atoms with Crippen molar-refractivity contribution in [2.75, 3.05) is 0 Å². The van der Waals surface area contributed by atoms with Gasteiger partial charge in [0.1, 0.15) is 0 Å². The number of halogens is 1. The van der Waals surface area contributed by atoms with Crippen LogP contribution in [0, 0.1) is 11.8 Å². The first-order valence-electron chi connectivity index (χ1n) is 5.92. The van der Waals surface area contributed by atoms with Crippen LogP contribution in [0.4, 0.5) is 0 Å². The van der Waals surface area contributed by atoms with Gasteiger partial charge in [-0.3, -0.25) is 0 Å². The van der Waals surface area contributed by atoms with E-state index in [9.17, 15) is 0 Å². The lowest BCUT2D eigenvalue weighted by molar-refractivity contribution is 0.413. The Morgan fingerprint density at radius 1 is 1.15 bits per heavy atom. The molecule has 0 bridgehead atoms. The summed E-state index contributed by atoms with van der Waals surface area (Å²) in [5.74, 6) is 1.99. The fourth-order valence-corrected chi connectivity index (χ4v) is 3.04. The van der Waals surface area contributed by atoms with Gasteiger partial charge in [-0.05, 0) is 31.1 Å². The summed E-state index contributed by atoms with van der Waals surface area (Å²) in [5, 5.41) is 0. The van der Waals surface area contributed by atoms with Crippen molar-refractivity contribution in [2.24, 2.45) is 11.8 Å². The van der Waals surface area contributed by atoms with Gasteiger partial charge in [-0.25, -0.2) is 0 Å². The quantitative estimate of drug-likeness (QED) is 0.498. The summed E-state index contributed by atoms with van der Waals surface area (Å²) in [7, 11) is 0. The summed E-state index contributed by atoms with van der Waals surface area (Å²) in [6.45, 7) is 4.64. The second-order valence-electron chi connectivity index (χ2n) is 4.47. The van der Waals surface area contributed by atoms with E-state index in [0.717, 1.165) is 16.7 Å². The van der Waals surface area contributed by atoms with Gasteiger partial charge in [-0.15, -0.1) is 0 Å². The van der Waals surface area contributed by atoms with Gasteiger partial charge in [-0.1, -0.05) is 55.5 Å². The van der Waals surface area contributed by atoms with Gasteiger partial charge < -0.3 is 0 Å². The van der Waals surface area contributed by atoms with Crippen molar-refractivity contribution in [1.29, 1.82) is 0 Å². The van der Waals surface area contributed by atoms with Crippen LogP contribution in [-0.2, 0) is 0 Å². The molecule has 0 N–H and O–H groups in total. The lowest BCUT2D eigenvalue weighted by Crippen LogP contribution is -2.12. The predicted molar refractivity (Wildman–Crippen MR) is 63.4 cm³/mol. The third-order valence-corrected chi connectivity index (χ3v) is 5.01. The zero-order chi connectivity index (χ0) is 9.68. The van der Waals surface area contributed by atoms with Crippen LogP contribution >= 0.6 is 15.9 Å². The highest BCUT2D eigenvalue weighted by Crippen LogP contribution is 2.34. The average Bonchev–Trinajstić information content (AvgIpc) is 2.41. The van der Waals surface area contributed by atoms with Crippen LogP contribution in [0.25, 0.3) is 0 Å². The average molecular weight is 247 g/mol. The van der Waals surface area contributed by atoms with E-state index in [0.29, 0.717) is 0 Å². The lowest BCUT2D eigenvalue weighted by Gasteiger charge is -2.19.